The third kappa shape index (κ3) is 10.0. The maximum Gasteiger partial charge on any atom is 0.487 e. The molecule has 0 aliphatic heterocycles. The van der Waals surface area contributed by atoms with Gasteiger partial charge in [-0.1, -0.05) is 0 Å². The van der Waals surface area contributed by atoms with Gasteiger partial charge in [0.15, 0.2) is 0 Å². The zero-order valence-electron chi connectivity index (χ0n) is 6.66. The van der Waals surface area contributed by atoms with Crippen molar-refractivity contribution in [2.24, 2.45) is 0 Å². The summed E-state index contributed by atoms with van der Waals surface area (Å²) in [6.45, 7) is 5.43. The van der Waals surface area contributed by atoms with E-state index in [1.165, 1.54) is 0 Å². The molecule has 11 heavy (non-hydrogen) atoms. The minimum Gasteiger partial charge on any atom is -0.302 e. The molecular weight excluding hydrogens is 171 g/mol. The molecule has 6 nitrogen and oxygen atoms in total. The molecular formula is C4H13N2O4P. The molecule has 0 amide bonds. The van der Waals surface area contributed by atoms with Crippen LogP contribution < -0.4 is 11.0 Å². The number of rotatable bonds is 3. The highest BCUT2D eigenvalue weighted by Crippen LogP contribution is 2.33. The summed E-state index contributed by atoms with van der Waals surface area (Å²) in [5.74, 6) is 0. The summed E-state index contributed by atoms with van der Waals surface area (Å²) in [4.78, 5) is 16.4. The van der Waals surface area contributed by atoms with Gasteiger partial charge in [0, 0.05) is 5.54 Å². The van der Waals surface area contributed by atoms with E-state index in [0.717, 1.165) is 0 Å². The average Bonchev–Trinajstić information content (AvgIpc) is 1.55. The fourth-order valence-electron chi connectivity index (χ4n) is 0.235. The Balaban J connectivity index is 3.52. The van der Waals surface area contributed by atoms with Crippen LogP contribution in [0.4, 0.5) is 0 Å². The number of phosphoric acid groups is 1. The molecule has 0 aromatic heterocycles. The van der Waals surface area contributed by atoms with Crippen LogP contribution >= 0.6 is 7.82 Å². The number of hydrazine groups is 1. The highest BCUT2D eigenvalue weighted by atomic mass is 31.2. The first kappa shape index (κ1) is 11.0. The molecule has 0 bridgehead atoms. The van der Waals surface area contributed by atoms with Gasteiger partial charge in [-0.3, -0.25) is 0 Å². The molecule has 0 unspecified atom stereocenters. The predicted octanol–water partition coefficient (Wildman–Crippen LogP) is -0.0966. The normalized spacial score (nSPS) is 13.5. The van der Waals surface area contributed by atoms with Crippen molar-refractivity contribution in [2.75, 3.05) is 0 Å². The minimum atomic E-state index is -4.43. The van der Waals surface area contributed by atoms with Crippen LogP contribution in [0, 0.1) is 0 Å². The molecule has 4 N–H and O–H groups in total. The largest absolute Gasteiger partial charge is 0.487 e. The van der Waals surface area contributed by atoms with Crippen LogP contribution in [-0.4, -0.2) is 15.3 Å². The Kier molecular flexibility index (Phi) is 3.63. The van der Waals surface area contributed by atoms with E-state index in [9.17, 15) is 4.57 Å². The predicted molar refractivity (Wildman–Crippen MR) is 39.2 cm³/mol. The van der Waals surface area contributed by atoms with Crippen molar-refractivity contribution in [3.63, 3.8) is 0 Å². The van der Waals surface area contributed by atoms with Crippen molar-refractivity contribution in [3.8, 4) is 0 Å². The second kappa shape index (κ2) is 3.62. The first-order valence-corrected chi connectivity index (χ1v) is 4.50. The Morgan fingerprint density at radius 1 is 1.36 bits per heavy atom. The van der Waals surface area contributed by atoms with Crippen LogP contribution in [0.2, 0.25) is 0 Å². The van der Waals surface area contributed by atoms with Crippen molar-refractivity contribution >= 4 is 7.82 Å². The second-order valence-electron chi connectivity index (χ2n) is 3.06. The Morgan fingerprint density at radius 3 is 2.09 bits per heavy atom. The van der Waals surface area contributed by atoms with Gasteiger partial charge in [0.05, 0.1) is 0 Å². The minimum absolute atomic E-state index is 0.310. The molecule has 0 aromatic rings. The summed E-state index contributed by atoms with van der Waals surface area (Å²) in [5, 5.41) is 0. The number of nitrogens with one attached hydrogen (secondary N) is 2. The first-order chi connectivity index (χ1) is 4.71. The van der Waals surface area contributed by atoms with Gasteiger partial charge in [-0.15, -0.1) is 5.59 Å². The lowest BCUT2D eigenvalue weighted by molar-refractivity contribution is 0.0719. The van der Waals surface area contributed by atoms with E-state index in [2.05, 4.69) is 10.1 Å². The van der Waals surface area contributed by atoms with Gasteiger partial charge in [-0.25, -0.2) is 9.99 Å². The molecule has 0 aliphatic rings. The molecule has 0 atom stereocenters. The third-order valence-corrected chi connectivity index (χ3v) is 0.920. The molecule has 0 fully saturated rings. The summed E-state index contributed by atoms with van der Waals surface area (Å²) < 4.78 is 14.0. The van der Waals surface area contributed by atoms with Gasteiger partial charge in [0.2, 0.25) is 0 Å². The van der Waals surface area contributed by atoms with Crippen molar-refractivity contribution in [1.29, 1.82) is 0 Å². The Morgan fingerprint density at radius 2 is 1.82 bits per heavy atom. The number of hydrogen-bond donors (Lipinski definition) is 4. The maximum atomic E-state index is 10.1. The Hall–Kier alpha value is 0.0300. The van der Waals surface area contributed by atoms with Crippen LogP contribution in [0.3, 0.4) is 0 Å². The van der Waals surface area contributed by atoms with E-state index in [-0.39, 0.29) is 5.54 Å². The number of hydrogen-bond acceptors (Lipinski definition) is 4. The van der Waals surface area contributed by atoms with Gasteiger partial charge in [0.25, 0.3) is 0 Å². The van der Waals surface area contributed by atoms with Crippen LogP contribution in [0.15, 0.2) is 0 Å². The molecule has 0 spiro atoms. The topological polar surface area (TPSA) is 90.8 Å². The zero-order valence-corrected chi connectivity index (χ0v) is 7.55. The summed E-state index contributed by atoms with van der Waals surface area (Å²) in [7, 11) is -4.43. The van der Waals surface area contributed by atoms with Gasteiger partial charge in [-0.05, 0) is 20.8 Å². The zero-order chi connectivity index (χ0) is 9.12. The molecule has 0 rings (SSSR count). The summed E-state index contributed by atoms with van der Waals surface area (Å²) >= 11 is 0. The fourth-order valence-corrected chi connectivity index (χ4v) is 0.400. The fraction of sp³-hybridized carbons (Fsp3) is 1.00. The van der Waals surface area contributed by atoms with Crippen LogP contribution in [0.5, 0.6) is 0 Å². The van der Waals surface area contributed by atoms with Crippen LogP contribution in [0.1, 0.15) is 20.8 Å². The second-order valence-corrected chi connectivity index (χ2v) is 4.22. The van der Waals surface area contributed by atoms with E-state index < -0.39 is 7.82 Å². The highest BCUT2D eigenvalue weighted by Gasteiger charge is 2.15. The van der Waals surface area contributed by atoms with E-state index in [1.807, 2.05) is 26.4 Å². The van der Waals surface area contributed by atoms with E-state index in [1.54, 1.807) is 0 Å². The molecule has 0 radical (unpaired) electrons. The Labute approximate surface area is 65.1 Å². The van der Waals surface area contributed by atoms with Crippen LogP contribution in [0.25, 0.3) is 0 Å². The van der Waals surface area contributed by atoms with Crippen molar-refractivity contribution in [2.45, 2.75) is 26.3 Å². The highest BCUT2D eigenvalue weighted by molar-refractivity contribution is 7.46. The van der Waals surface area contributed by atoms with Gasteiger partial charge in [-0.2, -0.15) is 4.62 Å². The van der Waals surface area contributed by atoms with Crippen molar-refractivity contribution in [1.82, 2.24) is 11.0 Å². The van der Waals surface area contributed by atoms with Crippen LogP contribution in [-0.2, 0) is 9.19 Å². The van der Waals surface area contributed by atoms with Gasteiger partial charge < -0.3 is 9.79 Å². The average molecular weight is 184 g/mol. The molecule has 0 saturated carbocycles. The van der Waals surface area contributed by atoms with E-state index in [0.29, 0.717) is 0 Å². The van der Waals surface area contributed by atoms with Crippen molar-refractivity contribution in [3.05, 3.63) is 0 Å². The van der Waals surface area contributed by atoms with E-state index in [4.69, 9.17) is 9.79 Å². The van der Waals surface area contributed by atoms with Gasteiger partial charge in [0.1, 0.15) is 0 Å². The third-order valence-electron chi connectivity index (χ3n) is 0.591. The standard InChI is InChI=1S/C4H13N2O4P/c1-4(2,3)5-6-10-11(7,8)9/h5-6H,1-3H3,(H2,7,8,9). The molecule has 0 heterocycles. The first-order valence-electron chi connectivity index (χ1n) is 2.97. The molecule has 68 valence electrons. The molecule has 0 saturated heterocycles. The lowest BCUT2D eigenvalue weighted by atomic mass is 10.1. The lowest BCUT2D eigenvalue weighted by Gasteiger charge is -2.20. The van der Waals surface area contributed by atoms with E-state index >= 15 is 0 Å². The SMILES string of the molecule is CC(C)(C)NNOP(=O)(O)O. The Bertz CT molecular complexity index is 160. The summed E-state index contributed by atoms with van der Waals surface area (Å²) in [6, 6.07) is 0. The maximum absolute atomic E-state index is 10.1. The van der Waals surface area contributed by atoms with Crippen molar-refractivity contribution < 1.29 is 19.0 Å². The molecule has 7 heteroatoms. The molecule has 0 aromatic carbocycles. The molecule has 0 aliphatic carbocycles. The summed E-state index contributed by atoms with van der Waals surface area (Å²) in [5.41, 5.74) is 4.16. The summed E-state index contributed by atoms with van der Waals surface area (Å²) in [6.07, 6.45) is 0. The monoisotopic (exact) mass is 184 g/mol. The van der Waals surface area contributed by atoms with Gasteiger partial charge >= 0.3 is 7.82 Å². The smallest absolute Gasteiger partial charge is 0.302 e. The lowest BCUT2D eigenvalue weighted by Crippen LogP contribution is -2.45. The quantitative estimate of drug-likeness (QED) is 0.362.